The highest BCUT2D eigenvalue weighted by Crippen LogP contribution is 2.42. The number of hydrogen-bond donors (Lipinski definition) is 2. The summed E-state index contributed by atoms with van der Waals surface area (Å²) in [6.07, 6.45) is 0.531. The lowest BCUT2D eigenvalue weighted by Gasteiger charge is -2.24. The van der Waals surface area contributed by atoms with Gasteiger partial charge in [0.25, 0.3) is 0 Å². The molecule has 1 aromatic rings. The minimum Gasteiger partial charge on any atom is -0.399 e. The molecule has 4 nitrogen and oxygen atoms in total. The van der Waals surface area contributed by atoms with Crippen molar-refractivity contribution >= 4 is 17.3 Å². The van der Waals surface area contributed by atoms with Gasteiger partial charge in [0.15, 0.2) is 0 Å². The van der Waals surface area contributed by atoms with Crippen LogP contribution >= 0.6 is 0 Å². The maximum atomic E-state index is 12.5. The maximum Gasteiger partial charge on any atom is 0.237 e. The number of nitrogens with zero attached hydrogens (tertiary/aromatic N) is 1. The van der Waals surface area contributed by atoms with Gasteiger partial charge in [-0.25, -0.2) is 0 Å². The van der Waals surface area contributed by atoms with E-state index in [1.54, 1.807) is 18.7 Å². The summed E-state index contributed by atoms with van der Waals surface area (Å²) in [5, 5.41) is 9.83. The van der Waals surface area contributed by atoms with E-state index >= 15 is 0 Å². The van der Waals surface area contributed by atoms with Crippen LogP contribution in [0.5, 0.6) is 0 Å². The fourth-order valence-corrected chi connectivity index (χ4v) is 2.47. The van der Waals surface area contributed by atoms with Gasteiger partial charge in [0, 0.05) is 17.9 Å². The van der Waals surface area contributed by atoms with E-state index in [2.05, 4.69) is 0 Å². The molecule has 0 fully saturated rings. The van der Waals surface area contributed by atoms with E-state index in [1.807, 2.05) is 32.0 Å². The van der Waals surface area contributed by atoms with Gasteiger partial charge in [0.05, 0.1) is 11.0 Å². The van der Waals surface area contributed by atoms with Gasteiger partial charge >= 0.3 is 0 Å². The lowest BCUT2D eigenvalue weighted by Crippen LogP contribution is -2.39. The number of nitrogen functional groups attached to an aromatic ring is 1. The molecule has 2 rings (SSSR count). The summed E-state index contributed by atoms with van der Waals surface area (Å²) in [5.74, 6) is 0.0670. The first kappa shape index (κ1) is 13.9. The van der Waals surface area contributed by atoms with Crippen LogP contribution in [-0.2, 0) is 10.2 Å². The summed E-state index contributed by atoms with van der Waals surface area (Å²) in [4.78, 5) is 14.3. The molecule has 0 bridgehead atoms. The summed E-state index contributed by atoms with van der Waals surface area (Å²) in [7, 11) is 0. The predicted octanol–water partition coefficient (Wildman–Crippen LogP) is 2.05. The largest absolute Gasteiger partial charge is 0.399 e. The number of fused-ring (bicyclic) bond motifs is 1. The molecular formula is C15H22N2O2. The minimum atomic E-state index is -0.784. The number of carbonyl (C=O) groups excluding carboxylic acids is 1. The van der Waals surface area contributed by atoms with Crippen LogP contribution in [0, 0.1) is 0 Å². The SMILES string of the molecule is CC(C)(O)CCN1C(=O)C(C)(C)c2ccc(N)cc21. The van der Waals surface area contributed by atoms with Gasteiger partial charge in [-0.15, -0.1) is 0 Å². The van der Waals surface area contributed by atoms with Crippen molar-refractivity contribution in [3.05, 3.63) is 23.8 Å². The number of anilines is 2. The molecule has 0 saturated carbocycles. The molecule has 19 heavy (non-hydrogen) atoms. The lowest BCUT2D eigenvalue weighted by atomic mass is 9.86. The second kappa shape index (κ2) is 4.23. The number of amides is 1. The molecule has 1 aliphatic heterocycles. The third-order valence-electron chi connectivity index (χ3n) is 3.71. The number of nitrogens with two attached hydrogens (primary N) is 1. The number of aliphatic hydroxyl groups is 1. The molecule has 1 aromatic carbocycles. The van der Waals surface area contributed by atoms with E-state index in [0.717, 1.165) is 11.3 Å². The highest BCUT2D eigenvalue weighted by Gasteiger charge is 2.43. The Balaban J connectivity index is 2.36. The van der Waals surface area contributed by atoms with Crippen molar-refractivity contribution in [1.82, 2.24) is 0 Å². The second-order valence-electron chi connectivity index (χ2n) is 6.42. The monoisotopic (exact) mass is 262 g/mol. The number of benzene rings is 1. The fraction of sp³-hybridized carbons (Fsp3) is 0.533. The molecule has 0 spiro atoms. The Kier molecular flexibility index (Phi) is 3.09. The van der Waals surface area contributed by atoms with Crippen molar-refractivity contribution in [3.8, 4) is 0 Å². The Hall–Kier alpha value is -1.55. The van der Waals surface area contributed by atoms with Crippen molar-refractivity contribution in [2.75, 3.05) is 17.2 Å². The molecule has 1 amide bonds. The van der Waals surface area contributed by atoms with Gasteiger partial charge in [-0.1, -0.05) is 6.07 Å². The first-order chi connectivity index (χ1) is 8.63. The molecule has 3 N–H and O–H groups in total. The summed E-state index contributed by atoms with van der Waals surface area (Å²) < 4.78 is 0. The van der Waals surface area contributed by atoms with E-state index in [1.165, 1.54) is 0 Å². The Morgan fingerprint density at radius 2 is 2.00 bits per heavy atom. The van der Waals surface area contributed by atoms with Crippen LogP contribution in [0.3, 0.4) is 0 Å². The zero-order valence-corrected chi connectivity index (χ0v) is 12.0. The van der Waals surface area contributed by atoms with Crippen LogP contribution in [0.2, 0.25) is 0 Å². The van der Waals surface area contributed by atoms with Crippen LogP contribution in [-0.4, -0.2) is 23.2 Å². The number of rotatable bonds is 3. The molecule has 104 valence electrons. The smallest absolute Gasteiger partial charge is 0.237 e. The zero-order valence-electron chi connectivity index (χ0n) is 12.0. The average Bonchev–Trinajstić information content (AvgIpc) is 2.44. The van der Waals surface area contributed by atoms with Gasteiger partial charge < -0.3 is 15.7 Å². The van der Waals surface area contributed by atoms with E-state index in [4.69, 9.17) is 5.73 Å². The number of hydrogen-bond acceptors (Lipinski definition) is 3. The summed E-state index contributed by atoms with van der Waals surface area (Å²) >= 11 is 0. The van der Waals surface area contributed by atoms with Gasteiger partial charge in [0.2, 0.25) is 5.91 Å². The second-order valence-corrected chi connectivity index (χ2v) is 6.42. The highest BCUT2D eigenvalue weighted by atomic mass is 16.3. The van der Waals surface area contributed by atoms with Crippen LogP contribution in [0.25, 0.3) is 0 Å². The van der Waals surface area contributed by atoms with Crippen LogP contribution in [0.1, 0.15) is 39.7 Å². The van der Waals surface area contributed by atoms with Gasteiger partial charge in [-0.2, -0.15) is 0 Å². The molecule has 4 heteroatoms. The fourth-order valence-electron chi connectivity index (χ4n) is 2.47. The molecule has 0 aliphatic carbocycles. The van der Waals surface area contributed by atoms with E-state index in [-0.39, 0.29) is 5.91 Å². The molecule has 0 unspecified atom stereocenters. The molecular weight excluding hydrogens is 240 g/mol. The molecule has 0 saturated heterocycles. The standard InChI is InChI=1S/C15H22N2O2/c1-14(2,19)7-8-17-12-9-10(16)5-6-11(12)15(3,4)13(17)18/h5-6,9,19H,7-8,16H2,1-4H3. The van der Waals surface area contributed by atoms with Crippen molar-refractivity contribution in [2.24, 2.45) is 0 Å². The molecule has 0 aromatic heterocycles. The van der Waals surface area contributed by atoms with E-state index < -0.39 is 11.0 Å². The molecule has 0 radical (unpaired) electrons. The first-order valence-electron chi connectivity index (χ1n) is 6.57. The zero-order chi connectivity index (χ0) is 14.4. The Bertz CT molecular complexity index is 515. The van der Waals surface area contributed by atoms with E-state index in [0.29, 0.717) is 18.7 Å². The van der Waals surface area contributed by atoms with E-state index in [9.17, 15) is 9.90 Å². The summed E-state index contributed by atoms with van der Waals surface area (Å²) in [6, 6.07) is 5.59. The topological polar surface area (TPSA) is 66.6 Å². The predicted molar refractivity (Wildman–Crippen MR) is 77.1 cm³/mol. The van der Waals surface area contributed by atoms with Crippen molar-refractivity contribution in [1.29, 1.82) is 0 Å². The normalized spacial score (nSPS) is 17.7. The van der Waals surface area contributed by atoms with Gasteiger partial charge in [-0.3, -0.25) is 4.79 Å². The Labute approximate surface area is 114 Å². The third-order valence-corrected chi connectivity index (χ3v) is 3.71. The van der Waals surface area contributed by atoms with Crippen LogP contribution in [0.15, 0.2) is 18.2 Å². The van der Waals surface area contributed by atoms with Gasteiger partial charge in [0.1, 0.15) is 0 Å². The minimum absolute atomic E-state index is 0.0670. The summed E-state index contributed by atoms with van der Waals surface area (Å²) in [5.41, 5.74) is 7.04. The lowest BCUT2D eigenvalue weighted by molar-refractivity contribution is -0.122. The summed E-state index contributed by atoms with van der Waals surface area (Å²) in [6.45, 7) is 7.85. The molecule has 1 heterocycles. The quantitative estimate of drug-likeness (QED) is 0.819. The molecule has 1 aliphatic rings. The van der Waals surface area contributed by atoms with Crippen molar-refractivity contribution < 1.29 is 9.90 Å². The first-order valence-corrected chi connectivity index (χ1v) is 6.57. The van der Waals surface area contributed by atoms with Crippen LogP contribution < -0.4 is 10.6 Å². The highest BCUT2D eigenvalue weighted by molar-refractivity contribution is 6.08. The van der Waals surface area contributed by atoms with Crippen LogP contribution in [0.4, 0.5) is 11.4 Å². The Morgan fingerprint density at radius 3 is 2.58 bits per heavy atom. The third kappa shape index (κ3) is 2.45. The van der Waals surface area contributed by atoms with Crippen molar-refractivity contribution in [3.63, 3.8) is 0 Å². The number of carbonyl (C=O) groups is 1. The maximum absolute atomic E-state index is 12.5. The molecule has 0 atom stereocenters. The Morgan fingerprint density at radius 1 is 1.37 bits per heavy atom. The van der Waals surface area contributed by atoms with Gasteiger partial charge in [-0.05, 0) is 51.8 Å². The average molecular weight is 262 g/mol. The van der Waals surface area contributed by atoms with Crippen molar-refractivity contribution in [2.45, 2.75) is 45.1 Å².